The molecule has 0 amide bonds. The first-order valence-corrected chi connectivity index (χ1v) is 5.65. The highest BCUT2D eigenvalue weighted by Crippen LogP contribution is 2.37. The van der Waals surface area contributed by atoms with Crippen molar-refractivity contribution in [2.24, 2.45) is 0 Å². The molecule has 1 rings (SSSR count). The molecule has 3 nitrogen and oxygen atoms in total. The molecule has 0 fully saturated rings. The smallest absolute Gasteiger partial charge is 0.420 e. The van der Waals surface area contributed by atoms with Crippen molar-refractivity contribution in [3.8, 4) is 5.75 Å². The third kappa shape index (κ3) is 4.44. The molecule has 0 saturated carbocycles. The summed E-state index contributed by atoms with van der Waals surface area (Å²) in [4.78, 5) is 0. The van der Waals surface area contributed by atoms with Crippen molar-refractivity contribution >= 4 is 5.69 Å². The standard InChI is InChI=1S/C12H16F3NO2/c13-12(14,15)10-8-9(16)4-5-11(10)18-7-3-1-2-6-17/h4-5,8,17H,1-3,6-7,16H2. The van der Waals surface area contributed by atoms with Crippen LogP contribution in [0, 0.1) is 0 Å². The summed E-state index contributed by atoms with van der Waals surface area (Å²) in [7, 11) is 0. The molecule has 0 saturated heterocycles. The van der Waals surface area contributed by atoms with Gasteiger partial charge in [0.05, 0.1) is 12.2 Å². The highest BCUT2D eigenvalue weighted by Gasteiger charge is 2.34. The fourth-order valence-electron chi connectivity index (χ4n) is 1.47. The fourth-order valence-corrected chi connectivity index (χ4v) is 1.47. The second-order valence-corrected chi connectivity index (χ2v) is 3.89. The van der Waals surface area contributed by atoms with E-state index in [0.29, 0.717) is 19.3 Å². The van der Waals surface area contributed by atoms with Crippen LogP contribution in [0.2, 0.25) is 0 Å². The van der Waals surface area contributed by atoms with Gasteiger partial charge in [-0.25, -0.2) is 0 Å². The van der Waals surface area contributed by atoms with E-state index in [0.717, 1.165) is 6.07 Å². The van der Waals surface area contributed by atoms with Crippen LogP contribution in [0.1, 0.15) is 24.8 Å². The Hall–Kier alpha value is -1.43. The lowest BCUT2D eigenvalue weighted by molar-refractivity contribution is -0.138. The van der Waals surface area contributed by atoms with E-state index in [2.05, 4.69) is 0 Å². The average Bonchev–Trinajstić information content (AvgIpc) is 2.29. The van der Waals surface area contributed by atoms with Crippen LogP contribution >= 0.6 is 0 Å². The Kier molecular flexibility index (Phi) is 5.27. The Morgan fingerprint density at radius 1 is 1.17 bits per heavy atom. The maximum atomic E-state index is 12.7. The number of nitrogen functional groups attached to an aromatic ring is 1. The van der Waals surface area contributed by atoms with Gasteiger partial charge in [-0.1, -0.05) is 0 Å². The highest BCUT2D eigenvalue weighted by molar-refractivity contribution is 5.49. The first-order valence-electron chi connectivity index (χ1n) is 5.65. The molecular weight excluding hydrogens is 247 g/mol. The third-order valence-corrected chi connectivity index (χ3v) is 2.37. The zero-order valence-electron chi connectivity index (χ0n) is 9.83. The van der Waals surface area contributed by atoms with Crippen LogP contribution in [-0.4, -0.2) is 18.3 Å². The monoisotopic (exact) mass is 263 g/mol. The molecule has 0 unspecified atom stereocenters. The average molecular weight is 263 g/mol. The molecule has 0 atom stereocenters. The van der Waals surface area contributed by atoms with Crippen molar-refractivity contribution in [2.75, 3.05) is 18.9 Å². The normalized spacial score (nSPS) is 11.6. The van der Waals surface area contributed by atoms with Crippen LogP contribution in [0.15, 0.2) is 18.2 Å². The van der Waals surface area contributed by atoms with E-state index < -0.39 is 11.7 Å². The molecule has 18 heavy (non-hydrogen) atoms. The number of rotatable bonds is 6. The summed E-state index contributed by atoms with van der Waals surface area (Å²) >= 11 is 0. The molecule has 3 N–H and O–H groups in total. The van der Waals surface area contributed by atoms with Crippen molar-refractivity contribution < 1.29 is 23.0 Å². The van der Waals surface area contributed by atoms with Crippen molar-refractivity contribution in [3.05, 3.63) is 23.8 Å². The molecular formula is C12H16F3NO2. The molecule has 102 valence electrons. The molecule has 0 aliphatic rings. The van der Waals surface area contributed by atoms with Gasteiger partial charge in [0.2, 0.25) is 0 Å². The van der Waals surface area contributed by atoms with Gasteiger partial charge < -0.3 is 15.6 Å². The number of halogens is 3. The molecule has 1 aromatic carbocycles. The number of aliphatic hydroxyl groups is 1. The second-order valence-electron chi connectivity index (χ2n) is 3.89. The van der Waals surface area contributed by atoms with Gasteiger partial charge in [0.1, 0.15) is 5.75 Å². The Bertz CT molecular complexity index is 380. The Labute approximate surface area is 103 Å². The van der Waals surface area contributed by atoms with Crippen LogP contribution in [0.25, 0.3) is 0 Å². The minimum Gasteiger partial charge on any atom is -0.493 e. The zero-order chi connectivity index (χ0) is 13.6. The van der Waals surface area contributed by atoms with E-state index in [4.69, 9.17) is 15.6 Å². The quantitative estimate of drug-likeness (QED) is 0.613. The first-order chi connectivity index (χ1) is 8.45. The minimum atomic E-state index is -4.48. The molecule has 6 heteroatoms. The van der Waals surface area contributed by atoms with Crippen LogP contribution in [-0.2, 0) is 6.18 Å². The summed E-state index contributed by atoms with van der Waals surface area (Å²) < 4.78 is 43.2. The summed E-state index contributed by atoms with van der Waals surface area (Å²) in [5.41, 5.74) is 4.53. The van der Waals surface area contributed by atoms with Crippen molar-refractivity contribution in [3.63, 3.8) is 0 Å². The van der Waals surface area contributed by atoms with E-state index in [1.165, 1.54) is 12.1 Å². The molecule has 0 aliphatic heterocycles. The molecule has 0 heterocycles. The van der Waals surface area contributed by atoms with Crippen molar-refractivity contribution in [2.45, 2.75) is 25.4 Å². The lowest BCUT2D eigenvalue weighted by atomic mass is 10.1. The predicted molar refractivity (Wildman–Crippen MR) is 62.3 cm³/mol. The minimum absolute atomic E-state index is 0.0509. The van der Waals surface area contributed by atoms with Gasteiger partial charge in [0, 0.05) is 12.3 Å². The summed E-state index contributed by atoms with van der Waals surface area (Å²) in [6.07, 6.45) is -2.54. The summed E-state index contributed by atoms with van der Waals surface area (Å²) in [6.45, 7) is 0.267. The molecule has 0 radical (unpaired) electrons. The maximum Gasteiger partial charge on any atom is 0.420 e. The van der Waals surface area contributed by atoms with Crippen molar-refractivity contribution in [1.29, 1.82) is 0 Å². The molecule has 0 aliphatic carbocycles. The Balaban J connectivity index is 2.65. The highest BCUT2D eigenvalue weighted by atomic mass is 19.4. The Morgan fingerprint density at radius 3 is 2.50 bits per heavy atom. The van der Waals surface area contributed by atoms with Crippen LogP contribution in [0.4, 0.5) is 18.9 Å². The maximum absolute atomic E-state index is 12.7. The number of aliphatic hydroxyl groups excluding tert-OH is 1. The number of hydrogen-bond donors (Lipinski definition) is 2. The summed E-state index contributed by atoms with van der Waals surface area (Å²) in [5.74, 6) is -0.208. The van der Waals surface area contributed by atoms with Gasteiger partial charge in [0.15, 0.2) is 0 Å². The van der Waals surface area contributed by atoms with E-state index in [1.807, 2.05) is 0 Å². The topological polar surface area (TPSA) is 55.5 Å². The molecule has 0 bridgehead atoms. The first kappa shape index (κ1) is 14.6. The zero-order valence-corrected chi connectivity index (χ0v) is 9.83. The molecule has 0 aromatic heterocycles. The predicted octanol–water partition coefficient (Wildman–Crippen LogP) is 2.83. The number of alkyl halides is 3. The van der Waals surface area contributed by atoms with Crippen LogP contribution in [0.3, 0.4) is 0 Å². The number of unbranched alkanes of at least 4 members (excludes halogenated alkanes) is 2. The van der Waals surface area contributed by atoms with Gasteiger partial charge in [0.25, 0.3) is 0 Å². The van der Waals surface area contributed by atoms with Gasteiger partial charge in [-0.15, -0.1) is 0 Å². The molecule has 0 spiro atoms. The number of benzene rings is 1. The van der Waals surface area contributed by atoms with Gasteiger partial charge >= 0.3 is 6.18 Å². The number of hydrogen-bond acceptors (Lipinski definition) is 3. The van der Waals surface area contributed by atoms with Gasteiger partial charge in [-0.2, -0.15) is 13.2 Å². The number of ether oxygens (including phenoxy) is 1. The second kappa shape index (κ2) is 6.49. The SMILES string of the molecule is Nc1ccc(OCCCCCO)c(C(F)(F)F)c1. The van der Waals surface area contributed by atoms with E-state index >= 15 is 0 Å². The van der Waals surface area contributed by atoms with Crippen molar-refractivity contribution in [1.82, 2.24) is 0 Å². The number of anilines is 1. The van der Waals surface area contributed by atoms with Gasteiger partial charge in [-0.3, -0.25) is 0 Å². The largest absolute Gasteiger partial charge is 0.493 e. The van der Waals surface area contributed by atoms with E-state index in [-0.39, 0.29) is 24.7 Å². The summed E-state index contributed by atoms with van der Waals surface area (Å²) in [6, 6.07) is 3.46. The van der Waals surface area contributed by atoms with Crippen LogP contribution in [0.5, 0.6) is 5.75 Å². The fraction of sp³-hybridized carbons (Fsp3) is 0.500. The summed E-state index contributed by atoms with van der Waals surface area (Å²) in [5, 5.41) is 8.56. The number of nitrogens with two attached hydrogens (primary N) is 1. The van der Waals surface area contributed by atoms with E-state index in [9.17, 15) is 13.2 Å². The third-order valence-electron chi connectivity index (χ3n) is 2.37. The Morgan fingerprint density at radius 2 is 1.89 bits per heavy atom. The lowest BCUT2D eigenvalue weighted by Gasteiger charge is -2.14. The van der Waals surface area contributed by atoms with Gasteiger partial charge in [-0.05, 0) is 37.5 Å². The lowest BCUT2D eigenvalue weighted by Crippen LogP contribution is -2.10. The van der Waals surface area contributed by atoms with E-state index in [1.54, 1.807) is 0 Å². The van der Waals surface area contributed by atoms with Crippen LogP contribution < -0.4 is 10.5 Å². The molecule has 1 aromatic rings.